The highest BCUT2D eigenvalue weighted by molar-refractivity contribution is 5.94. The number of nitrogens with two attached hydrogens (primary N) is 1. The monoisotopic (exact) mass is 843 g/mol. The zero-order chi connectivity index (χ0) is 43.2. The Balaban J connectivity index is 1.02. The molecule has 4 aliphatic carbocycles. The summed E-state index contributed by atoms with van der Waals surface area (Å²) in [5, 5.41) is 11.5. The van der Waals surface area contributed by atoms with Gasteiger partial charge in [-0.05, 0) is 117 Å². The van der Waals surface area contributed by atoms with Crippen molar-refractivity contribution in [1.29, 1.82) is 0 Å². The number of hydrogen-bond donors (Lipinski definition) is 4. The normalized spacial score (nSPS) is 23.5. The van der Waals surface area contributed by atoms with Gasteiger partial charge in [-0.1, -0.05) is 63.6 Å². The highest BCUT2D eigenvalue weighted by atomic mass is 16.5. The average molecular weight is 843 g/mol. The second kappa shape index (κ2) is 19.4. The van der Waals surface area contributed by atoms with Crippen molar-refractivity contribution in [2.24, 2.45) is 28.9 Å². The van der Waals surface area contributed by atoms with Crippen molar-refractivity contribution in [2.45, 2.75) is 122 Å². The van der Waals surface area contributed by atoms with Crippen LogP contribution in [0.2, 0.25) is 0 Å². The largest absolute Gasteiger partial charge is 0.494 e. The first kappa shape index (κ1) is 43.4. The Labute approximate surface area is 366 Å². The third kappa shape index (κ3) is 9.85. The Kier molecular flexibility index (Phi) is 13.6. The standard InChI is InChI=1S/C50H66N8O4/c1-4-5-6-7-8-9-13-38(55-45(60)30-50-27-34-22-35(28-50)24-36(23-34)29-50)25-40-31-52-19-20-57(40)39-16-17-41(43(26-39)62-3)56-48-47-33(2)21-46(61)58(49(47)54-32-53-48)42-14-11-10-12-37(42)15-18-44(51)59/h10-12,14-18,21,26,32,34-36,38,40,52H,4-9,13,19-20,22-25,27-31H2,1-3H3,(H2,51,59)(H,55,60)(H,53,54,56)/b18-15+. The maximum Gasteiger partial charge on any atom is 0.257 e. The van der Waals surface area contributed by atoms with Crippen LogP contribution in [0, 0.1) is 30.1 Å². The third-order valence-corrected chi connectivity index (χ3v) is 14.2. The molecule has 3 heterocycles. The van der Waals surface area contributed by atoms with E-state index >= 15 is 0 Å². The van der Waals surface area contributed by atoms with Gasteiger partial charge in [0.15, 0.2) is 5.65 Å². The van der Waals surface area contributed by atoms with E-state index in [9.17, 15) is 14.4 Å². The van der Waals surface area contributed by atoms with Crippen molar-refractivity contribution in [3.05, 3.63) is 82.4 Å². The zero-order valence-electron chi connectivity index (χ0n) is 37.0. The summed E-state index contributed by atoms with van der Waals surface area (Å²) in [6, 6.07) is 15.4. The van der Waals surface area contributed by atoms with Crippen LogP contribution in [0.15, 0.2) is 65.7 Å². The number of primary amides is 1. The summed E-state index contributed by atoms with van der Waals surface area (Å²) in [6.07, 6.45) is 22.2. The molecule has 1 saturated heterocycles. The van der Waals surface area contributed by atoms with Gasteiger partial charge in [0, 0.05) is 62.0 Å². The molecule has 4 bridgehead atoms. The first-order chi connectivity index (χ1) is 30.1. The number of unbranched alkanes of at least 4 members (excludes halogenated alkanes) is 5. The van der Waals surface area contributed by atoms with Gasteiger partial charge in [0.2, 0.25) is 11.8 Å². The molecular formula is C50H66N8O4. The van der Waals surface area contributed by atoms with E-state index in [0.717, 1.165) is 68.0 Å². The number of methoxy groups -OCH3 is 1. The van der Waals surface area contributed by atoms with Gasteiger partial charge in [-0.2, -0.15) is 0 Å². The molecule has 62 heavy (non-hydrogen) atoms. The predicted octanol–water partition coefficient (Wildman–Crippen LogP) is 8.35. The number of carbonyl (C=O) groups excluding carboxylic acids is 2. The van der Waals surface area contributed by atoms with Crippen molar-refractivity contribution in [3.8, 4) is 11.4 Å². The highest BCUT2D eigenvalue weighted by Crippen LogP contribution is 2.61. The number of para-hydroxylation sites is 1. The van der Waals surface area contributed by atoms with E-state index in [2.05, 4.69) is 49.9 Å². The third-order valence-electron chi connectivity index (χ3n) is 14.2. The quantitative estimate of drug-likeness (QED) is 0.0538. The molecule has 4 saturated carbocycles. The summed E-state index contributed by atoms with van der Waals surface area (Å²) >= 11 is 0. The molecule has 2 aromatic heterocycles. The van der Waals surface area contributed by atoms with Crippen LogP contribution < -0.4 is 36.9 Å². The Morgan fingerprint density at radius 2 is 1.74 bits per heavy atom. The van der Waals surface area contributed by atoms with Gasteiger partial charge in [-0.3, -0.25) is 19.0 Å². The van der Waals surface area contributed by atoms with E-state index in [4.69, 9.17) is 10.5 Å². The minimum atomic E-state index is -0.583. The Hall–Kier alpha value is -5.23. The molecule has 5 aliphatic rings. The number of aryl methyl sites for hydroxylation is 1. The van der Waals surface area contributed by atoms with Crippen LogP contribution in [-0.2, 0) is 9.59 Å². The van der Waals surface area contributed by atoms with E-state index in [-0.39, 0.29) is 29.0 Å². The SMILES string of the molecule is CCCCCCCCC(CC1CNCCN1c1ccc(Nc2ncnc3c2c(C)cc(=O)n3-c2ccccc2/C=C/C(N)=O)c(OC)c1)NC(=O)CC12CC3CC(CC(C3)C1)C2. The van der Waals surface area contributed by atoms with Gasteiger partial charge in [-0.25, -0.2) is 9.97 Å². The van der Waals surface area contributed by atoms with Crippen molar-refractivity contribution in [3.63, 3.8) is 0 Å². The maximum atomic E-state index is 14.0. The number of anilines is 3. The van der Waals surface area contributed by atoms with Crippen LogP contribution in [0.5, 0.6) is 5.75 Å². The smallest absolute Gasteiger partial charge is 0.257 e. The number of pyridine rings is 1. The second-order valence-corrected chi connectivity index (χ2v) is 18.9. The minimum Gasteiger partial charge on any atom is -0.494 e. The highest BCUT2D eigenvalue weighted by Gasteiger charge is 2.51. The number of rotatable bonds is 19. The number of hydrogen-bond acceptors (Lipinski definition) is 9. The molecule has 12 nitrogen and oxygen atoms in total. The summed E-state index contributed by atoms with van der Waals surface area (Å²) in [4.78, 5) is 51.0. The van der Waals surface area contributed by atoms with Crippen LogP contribution >= 0.6 is 0 Å². The average Bonchev–Trinajstić information content (AvgIpc) is 3.24. The molecule has 330 valence electrons. The van der Waals surface area contributed by atoms with Crippen molar-refractivity contribution in [1.82, 2.24) is 25.2 Å². The first-order valence-electron chi connectivity index (χ1n) is 23.3. The number of carbonyl (C=O) groups is 2. The Morgan fingerprint density at radius 1 is 1.00 bits per heavy atom. The summed E-state index contributed by atoms with van der Waals surface area (Å²) < 4.78 is 7.57. The van der Waals surface area contributed by atoms with Crippen molar-refractivity contribution in [2.75, 3.05) is 37.0 Å². The van der Waals surface area contributed by atoms with Crippen LogP contribution in [0.4, 0.5) is 17.2 Å². The predicted molar refractivity (Wildman–Crippen MR) is 248 cm³/mol. The second-order valence-electron chi connectivity index (χ2n) is 18.9. The number of benzene rings is 2. The van der Waals surface area contributed by atoms with E-state index in [1.165, 1.54) is 87.6 Å². The molecule has 9 rings (SSSR count). The van der Waals surface area contributed by atoms with E-state index in [0.29, 0.717) is 45.8 Å². The molecule has 5 fully saturated rings. The molecule has 5 N–H and O–H groups in total. The van der Waals surface area contributed by atoms with E-state index in [1.54, 1.807) is 19.3 Å². The number of fused-ring (bicyclic) bond motifs is 1. The zero-order valence-corrected chi connectivity index (χ0v) is 37.0. The number of aromatic nitrogens is 3. The fraction of sp³-hybridized carbons (Fsp3) is 0.540. The van der Waals surface area contributed by atoms with E-state index < -0.39 is 5.91 Å². The molecule has 2 unspecified atom stereocenters. The topological polar surface area (TPSA) is 156 Å². The number of piperazine rings is 1. The van der Waals surface area contributed by atoms with E-state index in [1.807, 2.05) is 37.3 Å². The minimum absolute atomic E-state index is 0.121. The maximum absolute atomic E-state index is 14.0. The fourth-order valence-electron chi connectivity index (χ4n) is 11.9. The summed E-state index contributed by atoms with van der Waals surface area (Å²) in [6.45, 7) is 6.69. The summed E-state index contributed by atoms with van der Waals surface area (Å²) in [5.74, 6) is 3.38. The van der Waals surface area contributed by atoms with Gasteiger partial charge >= 0.3 is 0 Å². The molecule has 12 heteroatoms. The van der Waals surface area contributed by atoms with Crippen LogP contribution in [-0.4, -0.2) is 65.2 Å². The number of ether oxygens (including phenoxy) is 1. The molecule has 1 aliphatic heterocycles. The lowest BCUT2D eigenvalue weighted by Crippen LogP contribution is -2.54. The molecule has 4 aromatic rings. The summed E-state index contributed by atoms with van der Waals surface area (Å²) in [7, 11) is 1.67. The van der Waals surface area contributed by atoms with Crippen LogP contribution in [0.1, 0.15) is 114 Å². The van der Waals surface area contributed by atoms with Gasteiger partial charge in [0.25, 0.3) is 5.56 Å². The van der Waals surface area contributed by atoms with Gasteiger partial charge < -0.3 is 31.3 Å². The molecule has 0 radical (unpaired) electrons. The number of amides is 2. The molecule has 2 amide bonds. The van der Waals surface area contributed by atoms with Gasteiger partial charge in [-0.15, -0.1) is 0 Å². The van der Waals surface area contributed by atoms with Gasteiger partial charge in [0.05, 0.1) is 23.9 Å². The molecule has 2 atom stereocenters. The molecule has 0 spiro atoms. The van der Waals surface area contributed by atoms with Crippen LogP contribution in [0.25, 0.3) is 22.8 Å². The first-order valence-corrected chi connectivity index (χ1v) is 23.3. The van der Waals surface area contributed by atoms with Crippen molar-refractivity contribution >= 4 is 46.1 Å². The fourth-order valence-corrected chi connectivity index (χ4v) is 11.9. The Bertz CT molecular complexity index is 2290. The lowest BCUT2D eigenvalue weighted by atomic mass is 9.49. The summed E-state index contributed by atoms with van der Waals surface area (Å²) in [5.41, 5.74) is 9.50. The number of nitrogens with one attached hydrogen (secondary N) is 3. The van der Waals surface area contributed by atoms with Crippen molar-refractivity contribution < 1.29 is 14.3 Å². The lowest BCUT2D eigenvalue weighted by Gasteiger charge is -2.56. The van der Waals surface area contributed by atoms with Crippen LogP contribution in [0.3, 0.4) is 0 Å². The van der Waals surface area contributed by atoms with Gasteiger partial charge in [0.1, 0.15) is 17.9 Å². The number of nitrogens with zero attached hydrogens (tertiary/aromatic N) is 4. The molecular weight excluding hydrogens is 777 g/mol. The molecule has 2 aromatic carbocycles. The Morgan fingerprint density at radius 3 is 2.48 bits per heavy atom. The lowest BCUT2D eigenvalue weighted by molar-refractivity contribution is -0.130.